The molecule has 2 aromatic rings. The Morgan fingerprint density at radius 3 is 2.25 bits per heavy atom. The Labute approximate surface area is 211 Å². The fraction of sp³-hybridized carbons (Fsp3) is 0.440. The smallest absolute Gasteiger partial charge is 0.319 e. The van der Waals surface area contributed by atoms with Gasteiger partial charge in [0, 0.05) is 13.1 Å². The van der Waals surface area contributed by atoms with Gasteiger partial charge in [0.05, 0.1) is 20.8 Å². The van der Waals surface area contributed by atoms with Crippen molar-refractivity contribution in [2.75, 3.05) is 39.6 Å². The van der Waals surface area contributed by atoms with Crippen LogP contribution >= 0.6 is 0 Å². The minimum absolute atomic E-state index is 0.00367. The maximum atomic E-state index is 13.2. The van der Waals surface area contributed by atoms with Crippen LogP contribution in [-0.2, 0) is 26.9 Å². The van der Waals surface area contributed by atoms with E-state index in [-0.39, 0.29) is 13.1 Å². The van der Waals surface area contributed by atoms with E-state index in [1.165, 1.54) is 12.0 Å². The van der Waals surface area contributed by atoms with Crippen LogP contribution in [0.5, 0.6) is 11.5 Å². The topological polar surface area (TPSA) is 126 Å². The molecule has 4 rings (SSSR count). The first kappa shape index (κ1) is 25.8. The molecule has 1 unspecified atom stereocenters. The highest BCUT2D eigenvalue weighted by Crippen LogP contribution is 2.32. The third kappa shape index (κ3) is 6.08. The second-order valence-electron chi connectivity index (χ2n) is 9.11. The SMILES string of the molecule is COc1ccc(CCN2C(=O)NCC2(NS(=O)(=O)CC(=O)NCC2CC2)c2ccc(OC)cc2)cc1. The molecule has 0 bridgehead atoms. The Kier molecular flexibility index (Phi) is 7.70. The number of amides is 3. The molecule has 0 aromatic heterocycles. The number of methoxy groups -OCH3 is 2. The summed E-state index contributed by atoms with van der Waals surface area (Å²) in [5.41, 5.74) is 0.102. The lowest BCUT2D eigenvalue weighted by Gasteiger charge is -2.38. The van der Waals surface area contributed by atoms with Crippen molar-refractivity contribution in [3.8, 4) is 11.5 Å². The predicted molar refractivity (Wildman–Crippen MR) is 134 cm³/mol. The van der Waals surface area contributed by atoms with E-state index < -0.39 is 33.4 Å². The number of nitrogens with one attached hydrogen (secondary N) is 3. The number of sulfonamides is 1. The van der Waals surface area contributed by atoms with Gasteiger partial charge in [0.1, 0.15) is 17.3 Å². The standard InChI is InChI=1S/C25H32N4O6S/c1-34-21-9-5-18(6-10-21)13-14-29-24(31)27-17-25(29,20-7-11-22(35-2)12-8-20)28-36(32,33)16-23(30)26-15-19-3-4-19/h5-12,19,28H,3-4,13-17H2,1-2H3,(H,26,30)(H,27,31). The fourth-order valence-electron chi connectivity index (χ4n) is 4.27. The molecule has 36 heavy (non-hydrogen) atoms. The van der Waals surface area contributed by atoms with Gasteiger partial charge in [-0.05, 0) is 60.6 Å². The van der Waals surface area contributed by atoms with Crippen LogP contribution < -0.4 is 24.8 Å². The van der Waals surface area contributed by atoms with Crippen molar-refractivity contribution >= 4 is 22.0 Å². The average Bonchev–Trinajstić information content (AvgIpc) is 3.65. The second-order valence-corrected chi connectivity index (χ2v) is 10.8. The van der Waals surface area contributed by atoms with Crippen LogP contribution in [0.4, 0.5) is 4.79 Å². The van der Waals surface area contributed by atoms with Crippen LogP contribution in [0, 0.1) is 5.92 Å². The highest BCUT2D eigenvalue weighted by molar-refractivity contribution is 7.90. The van der Waals surface area contributed by atoms with E-state index in [0.717, 1.165) is 24.2 Å². The lowest BCUT2D eigenvalue weighted by Crippen LogP contribution is -2.58. The van der Waals surface area contributed by atoms with E-state index in [2.05, 4.69) is 15.4 Å². The first-order valence-corrected chi connectivity index (χ1v) is 13.5. The van der Waals surface area contributed by atoms with E-state index in [1.54, 1.807) is 31.4 Å². The Balaban J connectivity index is 1.59. The highest BCUT2D eigenvalue weighted by Gasteiger charge is 2.49. The number of hydrogen-bond acceptors (Lipinski definition) is 6. The predicted octanol–water partition coefficient (Wildman–Crippen LogP) is 1.57. The molecular formula is C25H32N4O6S. The fourth-order valence-corrected chi connectivity index (χ4v) is 5.60. The van der Waals surface area contributed by atoms with Gasteiger partial charge in [0.2, 0.25) is 15.9 Å². The lowest BCUT2D eigenvalue weighted by atomic mass is 9.99. The third-order valence-electron chi connectivity index (χ3n) is 6.48. The average molecular weight is 517 g/mol. The maximum Gasteiger partial charge on any atom is 0.319 e. The Morgan fingerprint density at radius 2 is 1.67 bits per heavy atom. The minimum Gasteiger partial charge on any atom is -0.497 e. The van der Waals surface area contributed by atoms with Gasteiger partial charge in [-0.25, -0.2) is 13.2 Å². The molecule has 3 N–H and O–H groups in total. The number of carbonyl (C=O) groups is 2. The van der Waals surface area contributed by atoms with E-state index in [9.17, 15) is 18.0 Å². The summed E-state index contributed by atoms with van der Waals surface area (Å²) in [5, 5.41) is 5.46. The summed E-state index contributed by atoms with van der Waals surface area (Å²) in [6, 6.07) is 13.9. The van der Waals surface area contributed by atoms with Crippen molar-refractivity contribution < 1.29 is 27.5 Å². The van der Waals surface area contributed by atoms with Crippen molar-refractivity contribution in [3.05, 3.63) is 59.7 Å². The summed E-state index contributed by atoms with van der Waals surface area (Å²) in [6.07, 6.45) is 2.57. The van der Waals surface area contributed by atoms with Gasteiger partial charge in [0.15, 0.2) is 5.66 Å². The van der Waals surface area contributed by atoms with Crippen LogP contribution in [-0.4, -0.2) is 64.9 Å². The molecular weight excluding hydrogens is 484 g/mol. The van der Waals surface area contributed by atoms with Gasteiger partial charge in [-0.1, -0.05) is 24.3 Å². The van der Waals surface area contributed by atoms with Gasteiger partial charge in [-0.15, -0.1) is 0 Å². The zero-order valence-corrected chi connectivity index (χ0v) is 21.3. The molecule has 2 aromatic carbocycles. The lowest BCUT2D eigenvalue weighted by molar-refractivity contribution is -0.118. The van der Waals surface area contributed by atoms with Crippen molar-refractivity contribution in [3.63, 3.8) is 0 Å². The number of nitrogens with zero attached hydrogens (tertiary/aromatic N) is 1. The molecule has 0 spiro atoms. The molecule has 1 aliphatic heterocycles. The molecule has 1 heterocycles. The summed E-state index contributed by atoms with van der Waals surface area (Å²) in [4.78, 5) is 26.8. The number of hydrogen-bond donors (Lipinski definition) is 3. The maximum absolute atomic E-state index is 13.2. The van der Waals surface area contributed by atoms with Gasteiger partial charge in [-0.2, -0.15) is 4.72 Å². The van der Waals surface area contributed by atoms with Gasteiger partial charge < -0.3 is 20.1 Å². The van der Waals surface area contributed by atoms with Crippen molar-refractivity contribution in [2.24, 2.45) is 5.92 Å². The molecule has 1 saturated heterocycles. The van der Waals surface area contributed by atoms with E-state index in [1.807, 2.05) is 24.3 Å². The molecule has 1 atom stereocenters. The Bertz CT molecular complexity index is 1180. The summed E-state index contributed by atoms with van der Waals surface area (Å²) >= 11 is 0. The molecule has 1 aliphatic carbocycles. The molecule has 3 amide bonds. The van der Waals surface area contributed by atoms with Crippen LogP contribution in [0.25, 0.3) is 0 Å². The quantitative estimate of drug-likeness (QED) is 0.393. The van der Waals surface area contributed by atoms with Gasteiger partial charge >= 0.3 is 6.03 Å². The molecule has 0 radical (unpaired) electrons. The second kappa shape index (κ2) is 10.8. The largest absolute Gasteiger partial charge is 0.497 e. The number of ether oxygens (including phenoxy) is 2. The normalized spacial score (nSPS) is 19.6. The number of rotatable bonds is 12. The van der Waals surface area contributed by atoms with Gasteiger partial charge in [-0.3, -0.25) is 9.69 Å². The van der Waals surface area contributed by atoms with E-state index in [4.69, 9.17) is 9.47 Å². The van der Waals surface area contributed by atoms with Crippen LogP contribution in [0.2, 0.25) is 0 Å². The summed E-state index contributed by atoms with van der Waals surface area (Å²) in [6.45, 7) is 0.719. The molecule has 1 saturated carbocycles. The van der Waals surface area contributed by atoms with Crippen molar-refractivity contribution in [1.29, 1.82) is 0 Å². The summed E-state index contributed by atoms with van der Waals surface area (Å²) in [5.74, 6) is 0.455. The van der Waals surface area contributed by atoms with E-state index in [0.29, 0.717) is 30.2 Å². The van der Waals surface area contributed by atoms with Crippen molar-refractivity contribution in [1.82, 2.24) is 20.3 Å². The Hall–Kier alpha value is -3.31. The van der Waals surface area contributed by atoms with Crippen LogP contribution in [0.3, 0.4) is 0 Å². The molecule has 194 valence electrons. The highest BCUT2D eigenvalue weighted by atomic mass is 32.2. The summed E-state index contributed by atoms with van der Waals surface area (Å²) in [7, 11) is -0.980. The van der Waals surface area contributed by atoms with E-state index >= 15 is 0 Å². The summed E-state index contributed by atoms with van der Waals surface area (Å²) < 4.78 is 39.5. The van der Waals surface area contributed by atoms with Crippen LogP contribution in [0.15, 0.2) is 48.5 Å². The third-order valence-corrected chi connectivity index (χ3v) is 7.77. The number of benzene rings is 2. The number of carbonyl (C=O) groups excluding carboxylic acids is 2. The molecule has 2 aliphatic rings. The number of urea groups is 1. The minimum atomic E-state index is -4.11. The first-order valence-electron chi connectivity index (χ1n) is 11.9. The zero-order chi connectivity index (χ0) is 25.8. The van der Waals surface area contributed by atoms with Crippen molar-refractivity contribution in [2.45, 2.75) is 24.9 Å². The zero-order valence-electron chi connectivity index (χ0n) is 20.5. The molecule has 2 fully saturated rings. The Morgan fingerprint density at radius 1 is 1.06 bits per heavy atom. The molecule has 11 heteroatoms. The van der Waals surface area contributed by atoms with Gasteiger partial charge in [0.25, 0.3) is 0 Å². The van der Waals surface area contributed by atoms with Crippen LogP contribution in [0.1, 0.15) is 24.0 Å². The first-order chi connectivity index (χ1) is 17.2. The molecule has 10 nitrogen and oxygen atoms in total. The monoisotopic (exact) mass is 516 g/mol.